The molecule has 0 radical (unpaired) electrons. The zero-order chi connectivity index (χ0) is 25.2. The molecule has 9 nitrogen and oxygen atoms in total. The van der Waals surface area contributed by atoms with Gasteiger partial charge in [0.25, 0.3) is 5.69 Å². The predicted octanol–water partition coefficient (Wildman–Crippen LogP) is 4.84. The number of nitro groups is 1. The highest BCUT2D eigenvalue weighted by Gasteiger charge is 2.30. The third-order valence-corrected chi connectivity index (χ3v) is 6.53. The van der Waals surface area contributed by atoms with Crippen molar-refractivity contribution < 1.29 is 22.3 Å². The van der Waals surface area contributed by atoms with Gasteiger partial charge in [-0.25, -0.2) is 4.68 Å². The number of benzene rings is 1. The van der Waals surface area contributed by atoms with Crippen LogP contribution in [-0.2, 0) is 16.7 Å². The van der Waals surface area contributed by atoms with Crippen LogP contribution in [0.4, 0.5) is 5.69 Å². The van der Waals surface area contributed by atoms with Crippen LogP contribution < -0.4 is 4.18 Å². The highest BCUT2D eigenvalue weighted by molar-refractivity contribution is 7.87. The molecule has 1 aromatic heterocycles. The number of nitrogens with zero attached hydrogens (tertiary/aromatic N) is 3. The molecule has 0 atom stereocenters. The van der Waals surface area contributed by atoms with E-state index in [1.165, 1.54) is 23.7 Å². The van der Waals surface area contributed by atoms with Crippen molar-refractivity contribution in [2.75, 3.05) is 5.75 Å². The molecule has 0 unspecified atom stereocenters. The minimum absolute atomic E-state index is 0.0328. The Morgan fingerprint density at radius 1 is 1.18 bits per heavy atom. The summed E-state index contributed by atoms with van der Waals surface area (Å²) in [6.07, 6.45) is 0. The van der Waals surface area contributed by atoms with Crippen molar-refractivity contribution in [3.05, 3.63) is 55.8 Å². The topological polar surface area (TPSA) is 121 Å². The Hall–Kier alpha value is -3.01. The van der Waals surface area contributed by atoms with Crippen LogP contribution in [0.15, 0.2) is 17.7 Å². The molecule has 0 bridgehead atoms. The smallest absolute Gasteiger partial charge is 0.310 e. The lowest BCUT2D eigenvalue weighted by Gasteiger charge is -2.15. The highest BCUT2D eigenvalue weighted by Crippen LogP contribution is 2.35. The van der Waals surface area contributed by atoms with Crippen LogP contribution in [0.25, 0.3) is 5.57 Å². The van der Waals surface area contributed by atoms with E-state index in [0.717, 1.165) is 5.57 Å². The molecule has 0 spiro atoms. The van der Waals surface area contributed by atoms with Crippen LogP contribution in [0.2, 0.25) is 0 Å². The van der Waals surface area contributed by atoms with Gasteiger partial charge in [0, 0.05) is 18.2 Å². The lowest BCUT2D eigenvalue weighted by atomic mass is 9.90. The maximum absolute atomic E-state index is 13.7. The van der Waals surface area contributed by atoms with E-state index in [4.69, 9.17) is 4.18 Å². The molecule has 0 aliphatic heterocycles. The second kappa shape index (κ2) is 9.86. The average molecular weight is 478 g/mol. The Kier molecular flexibility index (Phi) is 7.84. The Morgan fingerprint density at radius 2 is 1.79 bits per heavy atom. The Labute approximate surface area is 194 Å². The molecule has 0 fully saturated rings. The van der Waals surface area contributed by atoms with Gasteiger partial charge in [0.2, 0.25) is 11.7 Å². The van der Waals surface area contributed by atoms with E-state index in [-0.39, 0.29) is 34.4 Å². The maximum Gasteiger partial charge on any atom is 0.310 e. The molecule has 180 valence electrons. The number of hydrogen-bond donors (Lipinski definition) is 0. The van der Waals surface area contributed by atoms with Gasteiger partial charge in [0.1, 0.15) is 5.56 Å². The SMILES string of the molecule is CCS(=O)(=O)Oc1c(C(=O)c2ccc([N+](=O)[O-])c(C(C)=C(C)C)c2C)c(C)nn1CC(C)C. The van der Waals surface area contributed by atoms with Gasteiger partial charge in [0.15, 0.2) is 0 Å². The maximum atomic E-state index is 13.7. The molecule has 0 saturated heterocycles. The number of ketones is 1. The zero-order valence-electron chi connectivity index (χ0n) is 20.3. The van der Waals surface area contributed by atoms with Crippen LogP contribution in [0.3, 0.4) is 0 Å². The van der Waals surface area contributed by atoms with Crippen molar-refractivity contribution in [2.24, 2.45) is 5.92 Å². The monoisotopic (exact) mass is 477 g/mol. The van der Waals surface area contributed by atoms with Crippen molar-refractivity contribution in [2.45, 2.75) is 61.9 Å². The molecule has 10 heteroatoms. The largest absolute Gasteiger partial charge is 0.361 e. The molecule has 1 heterocycles. The number of carbonyl (C=O) groups excluding carboxylic acids is 1. The van der Waals surface area contributed by atoms with E-state index in [2.05, 4.69) is 5.10 Å². The van der Waals surface area contributed by atoms with E-state index < -0.39 is 20.8 Å². The van der Waals surface area contributed by atoms with Crippen LogP contribution in [0, 0.1) is 29.9 Å². The number of allylic oxidation sites excluding steroid dienone is 2. The third kappa shape index (κ3) is 5.50. The summed E-state index contributed by atoms with van der Waals surface area (Å²) in [7, 11) is -3.93. The van der Waals surface area contributed by atoms with Crippen LogP contribution >= 0.6 is 0 Å². The highest BCUT2D eigenvalue weighted by atomic mass is 32.2. The van der Waals surface area contributed by atoms with Gasteiger partial charge in [-0.3, -0.25) is 14.9 Å². The summed E-state index contributed by atoms with van der Waals surface area (Å²) in [6.45, 7) is 14.4. The van der Waals surface area contributed by atoms with Gasteiger partial charge in [-0.2, -0.15) is 13.5 Å². The molecule has 0 amide bonds. The molecule has 2 rings (SSSR count). The van der Waals surface area contributed by atoms with Crippen LogP contribution in [0.5, 0.6) is 5.88 Å². The average Bonchev–Trinajstić information content (AvgIpc) is 2.99. The molecular weight excluding hydrogens is 446 g/mol. The fourth-order valence-corrected chi connectivity index (χ4v) is 4.04. The molecule has 0 aliphatic rings. The van der Waals surface area contributed by atoms with Crippen molar-refractivity contribution in [1.82, 2.24) is 9.78 Å². The molecular formula is C23H31N3O6S. The number of aromatic nitrogens is 2. The Morgan fingerprint density at radius 3 is 2.27 bits per heavy atom. The fourth-order valence-electron chi connectivity index (χ4n) is 3.51. The standard InChI is InChI=1S/C23H31N3O6S/c1-9-33(30,31)32-23-21(17(8)24-25(23)12-13(2)3)22(27)18-10-11-19(26(28)29)20(16(18)7)15(6)14(4)5/h10-11,13H,9,12H2,1-8H3. The summed E-state index contributed by atoms with van der Waals surface area (Å²) < 4.78 is 31.3. The minimum Gasteiger partial charge on any atom is -0.361 e. The molecule has 33 heavy (non-hydrogen) atoms. The lowest BCUT2D eigenvalue weighted by Crippen LogP contribution is -2.18. The van der Waals surface area contributed by atoms with Gasteiger partial charge >= 0.3 is 10.1 Å². The molecule has 2 aromatic rings. The molecule has 0 saturated carbocycles. The first-order chi connectivity index (χ1) is 15.2. The predicted molar refractivity (Wildman–Crippen MR) is 127 cm³/mol. The van der Waals surface area contributed by atoms with E-state index >= 15 is 0 Å². The van der Waals surface area contributed by atoms with Gasteiger partial charge in [-0.15, -0.1) is 0 Å². The Bertz CT molecular complexity index is 1240. The van der Waals surface area contributed by atoms with E-state index in [0.29, 0.717) is 28.9 Å². The van der Waals surface area contributed by atoms with Gasteiger partial charge in [0.05, 0.1) is 21.9 Å². The van der Waals surface area contributed by atoms with Gasteiger partial charge in [-0.05, 0) is 64.7 Å². The number of nitro benzene ring substituents is 1. The first kappa shape index (κ1) is 26.2. The minimum atomic E-state index is -3.93. The van der Waals surface area contributed by atoms with E-state index in [9.17, 15) is 23.3 Å². The number of hydrogen-bond acceptors (Lipinski definition) is 7. The summed E-state index contributed by atoms with van der Waals surface area (Å²) in [5.41, 5.74) is 2.87. The van der Waals surface area contributed by atoms with Crippen molar-refractivity contribution in [3.8, 4) is 5.88 Å². The summed E-state index contributed by atoms with van der Waals surface area (Å²) in [5, 5.41) is 16.0. The quantitative estimate of drug-likeness (QED) is 0.219. The first-order valence-corrected chi connectivity index (χ1v) is 12.3. The number of aryl methyl sites for hydroxylation is 1. The molecule has 0 N–H and O–H groups in total. The number of rotatable bonds is 9. The first-order valence-electron chi connectivity index (χ1n) is 10.7. The van der Waals surface area contributed by atoms with E-state index in [1.807, 2.05) is 27.7 Å². The van der Waals surface area contributed by atoms with Crippen molar-refractivity contribution in [1.29, 1.82) is 0 Å². The second-order valence-electron chi connectivity index (χ2n) is 8.61. The fraction of sp³-hybridized carbons (Fsp3) is 0.478. The van der Waals surface area contributed by atoms with Crippen LogP contribution in [0.1, 0.15) is 74.3 Å². The molecule has 0 aliphatic carbocycles. The molecule has 1 aromatic carbocycles. The van der Waals surface area contributed by atoms with Gasteiger partial charge in [-0.1, -0.05) is 19.4 Å². The Balaban J connectivity index is 2.81. The summed E-state index contributed by atoms with van der Waals surface area (Å²) >= 11 is 0. The zero-order valence-corrected chi connectivity index (χ0v) is 21.2. The number of carbonyl (C=O) groups is 1. The third-order valence-electron chi connectivity index (χ3n) is 5.41. The normalized spacial score (nSPS) is 11.5. The van der Waals surface area contributed by atoms with Crippen LogP contribution in [-0.4, -0.2) is 34.7 Å². The second-order valence-corrected chi connectivity index (χ2v) is 10.5. The summed E-state index contributed by atoms with van der Waals surface area (Å²) in [6, 6.07) is 2.70. The van der Waals surface area contributed by atoms with Crippen molar-refractivity contribution in [3.63, 3.8) is 0 Å². The summed E-state index contributed by atoms with van der Waals surface area (Å²) in [5.74, 6) is -0.787. The summed E-state index contributed by atoms with van der Waals surface area (Å²) in [4.78, 5) is 24.9. The lowest BCUT2D eigenvalue weighted by molar-refractivity contribution is -0.385. The van der Waals surface area contributed by atoms with E-state index in [1.54, 1.807) is 20.8 Å². The van der Waals surface area contributed by atoms with Gasteiger partial charge < -0.3 is 4.18 Å². The van der Waals surface area contributed by atoms with Crippen molar-refractivity contribution >= 4 is 27.2 Å².